The summed E-state index contributed by atoms with van der Waals surface area (Å²) in [6.45, 7) is 0.307. The molecule has 4 aliphatic rings. The lowest BCUT2D eigenvalue weighted by molar-refractivity contribution is 0.871. The summed E-state index contributed by atoms with van der Waals surface area (Å²) in [7, 11) is 2.26. The van der Waals surface area contributed by atoms with Crippen molar-refractivity contribution in [2.45, 2.75) is 25.7 Å². The molecule has 3 aromatic rings. The lowest BCUT2D eigenvalue weighted by atomic mass is 9.31. The standard InChI is InChI=1S/C27H23BN2/c1-30-23-12-6-11-21-27(23)28(26-20-10-5-3-8-18(20)14-16-24(26)30)25-19-9-4-2-7-17(19)13-15-22(25)29-21/h2-3,5-8,10-13,15,29H,4,9,14,16H2,1H3. The molecular formula is C27H23BN2. The monoisotopic (exact) mass is 386 g/mol. The average molecular weight is 386 g/mol. The summed E-state index contributed by atoms with van der Waals surface area (Å²) in [5.41, 5.74) is 15.8. The maximum absolute atomic E-state index is 3.80. The molecule has 30 heavy (non-hydrogen) atoms. The van der Waals surface area contributed by atoms with E-state index in [1.165, 1.54) is 61.4 Å². The van der Waals surface area contributed by atoms with Crippen LogP contribution >= 0.6 is 0 Å². The maximum atomic E-state index is 3.80. The van der Waals surface area contributed by atoms with Gasteiger partial charge in [-0.15, -0.1) is 0 Å². The summed E-state index contributed by atoms with van der Waals surface area (Å²) >= 11 is 0. The molecule has 0 unspecified atom stereocenters. The molecule has 2 heterocycles. The van der Waals surface area contributed by atoms with E-state index in [4.69, 9.17) is 0 Å². The Morgan fingerprint density at radius 3 is 2.73 bits per heavy atom. The van der Waals surface area contributed by atoms with Crippen LogP contribution in [0.4, 0.5) is 17.1 Å². The molecule has 0 fully saturated rings. The van der Waals surface area contributed by atoms with Crippen molar-refractivity contribution in [1.29, 1.82) is 0 Å². The highest BCUT2D eigenvalue weighted by Gasteiger charge is 2.43. The Morgan fingerprint density at radius 2 is 1.77 bits per heavy atom. The smallest absolute Gasteiger partial charge is 0.252 e. The quantitative estimate of drug-likeness (QED) is 0.566. The average Bonchev–Trinajstić information content (AvgIpc) is 2.80. The molecule has 0 atom stereocenters. The first-order chi connectivity index (χ1) is 14.8. The Balaban J connectivity index is 1.60. The van der Waals surface area contributed by atoms with E-state index in [9.17, 15) is 0 Å². The van der Waals surface area contributed by atoms with Gasteiger partial charge >= 0.3 is 0 Å². The van der Waals surface area contributed by atoms with Crippen LogP contribution in [0.3, 0.4) is 0 Å². The summed E-state index contributed by atoms with van der Waals surface area (Å²) < 4.78 is 0. The first-order valence-electron chi connectivity index (χ1n) is 11.1. The van der Waals surface area contributed by atoms with Crippen LogP contribution in [-0.2, 0) is 12.8 Å². The molecule has 0 bridgehead atoms. The normalized spacial score (nSPS) is 17.5. The summed E-state index contributed by atoms with van der Waals surface area (Å²) in [5.74, 6) is 0. The first-order valence-corrected chi connectivity index (χ1v) is 11.1. The van der Waals surface area contributed by atoms with Gasteiger partial charge in [0.1, 0.15) is 0 Å². The number of anilines is 3. The summed E-state index contributed by atoms with van der Waals surface area (Å²) in [6.07, 6.45) is 9.14. The largest absolute Gasteiger partial charge is 0.356 e. The zero-order valence-corrected chi connectivity index (χ0v) is 17.2. The Kier molecular flexibility index (Phi) is 3.27. The third kappa shape index (κ3) is 2.05. The predicted octanol–water partition coefficient (Wildman–Crippen LogP) is 4.66. The number of benzene rings is 3. The molecule has 1 N–H and O–H groups in total. The molecule has 3 aromatic carbocycles. The van der Waals surface area contributed by atoms with Gasteiger partial charge in [-0.2, -0.15) is 0 Å². The fourth-order valence-corrected chi connectivity index (χ4v) is 6.19. The molecule has 7 rings (SSSR count). The van der Waals surface area contributed by atoms with Gasteiger partial charge < -0.3 is 10.2 Å². The van der Waals surface area contributed by atoms with Crippen LogP contribution in [-0.4, -0.2) is 13.8 Å². The van der Waals surface area contributed by atoms with Crippen molar-refractivity contribution in [2.24, 2.45) is 0 Å². The Labute approximate surface area is 178 Å². The zero-order valence-electron chi connectivity index (χ0n) is 17.2. The van der Waals surface area contributed by atoms with E-state index >= 15 is 0 Å². The van der Waals surface area contributed by atoms with E-state index in [1.54, 1.807) is 0 Å². The van der Waals surface area contributed by atoms with Crippen molar-refractivity contribution >= 4 is 46.2 Å². The molecule has 0 amide bonds. The molecule has 2 aliphatic carbocycles. The minimum Gasteiger partial charge on any atom is -0.356 e. The SMILES string of the molecule is CN1C2=C(B3c4c(cccc41)Nc1ccc4c(c13)CCC=C4)c1ccccc1CC2. The third-order valence-electron chi connectivity index (χ3n) is 7.49. The minimum atomic E-state index is 0.307. The van der Waals surface area contributed by atoms with Crippen molar-refractivity contribution in [3.63, 3.8) is 0 Å². The Bertz CT molecular complexity index is 1300. The maximum Gasteiger partial charge on any atom is 0.252 e. The van der Waals surface area contributed by atoms with E-state index in [0.717, 1.165) is 25.7 Å². The van der Waals surface area contributed by atoms with Gasteiger partial charge in [0.15, 0.2) is 0 Å². The van der Waals surface area contributed by atoms with Crippen molar-refractivity contribution in [2.75, 3.05) is 17.3 Å². The van der Waals surface area contributed by atoms with Gasteiger partial charge in [0.25, 0.3) is 6.71 Å². The number of nitrogens with one attached hydrogen (secondary N) is 1. The van der Waals surface area contributed by atoms with Gasteiger partial charge in [-0.1, -0.05) is 48.6 Å². The highest BCUT2D eigenvalue weighted by atomic mass is 15.1. The molecule has 3 heteroatoms. The minimum absolute atomic E-state index is 0.307. The topological polar surface area (TPSA) is 15.3 Å². The molecule has 144 valence electrons. The fraction of sp³-hybridized carbons (Fsp3) is 0.185. The molecule has 0 radical (unpaired) electrons. The van der Waals surface area contributed by atoms with Crippen LogP contribution < -0.4 is 21.1 Å². The molecule has 0 saturated carbocycles. The van der Waals surface area contributed by atoms with E-state index in [2.05, 4.69) is 84.0 Å². The van der Waals surface area contributed by atoms with E-state index in [-0.39, 0.29) is 0 Å². The highest BCUT2D eigenvalue weighted by molar-refractivity contribution is 7.03. The van der Waals surface area contributed by atoms with Crippen molar-refractivity contribution in [3.8, 4) is 0 Å². The highest BCUT2D eigenvalue weighted by Crippen LogP contribution is 2.43. The Morgan fingerprint density at radius 1 is 0.867 bits per heavy atom. The molecule has 0 aromatic heterocycles. The van der Waals surface area contributed by atoms with Crippen LogP contribution in [0.5, 0.6) is 0 Å². The first kappa shape index (κ1) is 16.6. The van der Waals surface area contributed by atoms with Gasteiger partial charge in [-0.05, 0) is 82.5 Å². The van der Waals surface area contributed by atoms with Crippen molar-refractivity contribution < 1.29 is 0 Å². The number of hydrogen-bond acceptors (Lipinski definition) is 2. The van der Waals surface area contributed by atoms with Crippen LogP contribution in [0.25, 0.3) is 11.5 Å². The van der Waals surface area contributed by atoms with Crippen LogP contribution in [0.1, 0.15) is 35.1 Å². The second-order valence-electron chi connectivity index (χ2n) is 8.91. The number of allylic oxidation sites excluding steroid dienone is 2. The van der Waals surface area contributed by atoms with Crippen molar-refractivity contribution in [3.05, 3.63) is 88.6 Å². The van der Waals surface area contributed by atoms with E-state index in [0.29, 0.717) is 6.71 Å². The van der Waals surface area contributed by atoms with Crippen molar-refractivity contribution in [1.82, 2.24) is 0 Å². The van der Waals surface area contributed by atoms with Crippen LogP contribution in [0.15, 0.2) is 66.4 Å². The molecule has 2 aliphatic heterocycles. The summed E-state index contributed by atoms with van der Waals surface area (Å²) in [4.78, 5) is 2.46. The molecule has 0 saturated heterocycles. The zero-order chi connectivity index (χ0) is 19.8. The number of rotatable bonds is 0. The predicted molar refractivity (Wildman–Crippen MR) is 129 cm³/mol. The summed E-state index contributed by atoms with van der Waals surface area (Å²) in [6, 6.07) is 20.4. The number of hydrogen-bond donors (Lipinski definition) is 1. The molecule has 0 spiro atoms. The van der Waals surface area contributed by atoms with Gasteiger partial charge in [0.2, 0.25) is 0 Å². The number of nitrogens with zero attached hydrogens (tertiary/aromatic N) is 1. The second-order valence-corrected chi connectivity index (χ2v) is 8.91. The second kappa shape index (κ2) is 5.92. The lowest BCUT2D eigenvalue weighted by Gasteiger charge is -2.43. The van der Waals surface area contributed by atoms with Gasteiger partial charge in [0, 0.05) is 29.8 Å². The van der Waals surface area contributed by atoms with Gasteiger partial charge in [-0.25, -0.2) is 0 Å². The Hall–Kier alpha value is -3.20. The number of aryl methyl sites for hydroxylation is 1. The fourth-order valence-electron chi connectivity index (χ4n) is 6.19. The molecule has 2 nitrogen and oxygen atoms in total. The van der Waals surface area contributed by atoms with E-state index < -0.39 is 0 Å². The third-order valence-corrected chi connectivity index (χ3v) is 7.49. The lowest BCUT2D eigenvalue weighted by Crippen LogP contribution is -2.56. The van der Waals surface area contributed by atoms with Crippen LogP contribution in [0, 0.1) is 0 Å². The van der Waals surface area contributed by atoms with Crippen LogP contribution in [0.2, 0.25) is 0 Å². The van der Waals surface area contributed by atoms with Gasteiger partial charge in [0.05, 0.1) is 0 Å². The van der Waals surface area contributed by atoms with E-state index in [1.807, 2.05) is 0 Å². The number of fused-ring (bicyclic) bond motifs is 7. The summed E-state index contributed by atoms with van der Waals surface area (Å²) in [5, 5.41) is 3.80. The van der Waals surface area contributed by atoms with Gasteiger partial charge in [-0.3, -0.25) is 0 Å². The molecular weight excluding hydrogens is 363 g/mol.